The Morgan fingerprint density at radius 2 is 1.78 bits per heavy atom. The molecule has 27 heavy (non-hydrogen) atoms. The third-order valence-electron chi connectivity index (χ3n) is 4.98. The highest BCUT2D eigenvalue weighted by molar-refractivity contribution is 7.89. The highest BCUT2D eigenvalue weighted by Gasteiger charge is 2.28. The first-order valence-electron chi connectivity index (χ1n) is 8.98. The maximum Gasteiger partial charge on any atom is 0.255 e. The Kier molecular flexibility index (Phi) is 5.89. The first-order valence-corrected chi connectivity index (χ1v) is 10.8. The van der Waals surface area contributed by atoms with E-state index in [1.54, 1.807) is 0 Å². The summed E-state index contributed by atoms with van der Waals surface area (Å²) in [5.41, 5.74) is 3.00. The van der Waals surface area contributed by atoms with Crippen molar-refractivity contribution < 1.29 is 13.2 Å². The van der Waals surface area contributed by atoms with E-state index in [1.807, 2.05) is 32.0 Å². The summed E-state index contributed by atoms with van der Waals surface area (Å²) in [5.74, 6) is -0.365. The van der Waals surface area contributed by atoms with Gasteiger partial charge in [-0.05, 0) is 62.1 Å². The number of hydrogen-bond acceptors (Lipinski definition) is 3. The van der Waals surface area contributed by atoms with Gasteiger partial charge in [-0.1, -0.05) is 30.2 Å². The maximum atomic E-state index is 12.9. The van der Waals surface area contributed by atoms with Crippen molar-refractivity contribution in [2.75, 3.05) is 18.4 Å². The van der Waals surface area contributed by atoms with Crippen LogP contribution in [0.2, 0.25) is 5.02 Å². The minimum absolute atomic E-state index is 0.0142. The van der Waals surface area contributed by atoms with Crippen LogP contribution in [0.4, 0.5) is 5.69 Å². The summed E-state index contributed by atoms with van der Waals surface area (Å²) in [4.78, 5) is 12.7. The lowest BCUT2D eigenvalue weighted by Gasteiger charge is -2.26. The van der Waals surface area contributed by atoms with Gasteiger partial charge in [-0.15, -0.1) is 0 Å². The molecular weight excluding hydrogens is 384 g/mol. The summed E-state index contributed by atoms with van der Waals surface area (Å²) in [6, 6.07) is 10.0. The van der Waals surface area contributed by atoms with Crippen LogP contribution >= 0.6 is 11.6 Å². The standard InChI is InChI=1S/C20H23ClN2O3S/c1-14-7-6-8-18(15(14)2)22-20(24)16-9-10-17(21)19(13-16)27(25,26)23-11-4-3-5-12-23/h6-10,13H,3-5,11-12H2,1-2H3,(H,22,24). The number of hydrogen-bond donors (Lipinski definition) is 1. The number of carbonyl (C=O) groups is 1. The SMILES string of the molecule is Cc1cccc(NC(=O)c2ccc(Cl)c(S(=O)(=O)N3CCCCC3)c2)c1C. The fraction of sp³-hybridized carbons (Fsp3) is 0.350. The molecule has 1 saturated heterocycles. The van der Waals surface area contributed by atoms with Crippen molar-refractivity contribution in [3.05, 3.63) is 58.1 Å². The average molecular weight is 407 g/mol. The molecule has 0 aliphatic carbocycles. The van der Waals surface area contributed by atoms with Crippen LogP contribution in [0.15, 0.2) is 41.3 Å². The van der Waals surface area contributed by atoms with Crippen LogP contribution in [-0.2, 0) is 10.0 Å². The van der Waals surface area contributed by atoms with Gasteiger partial charge in [0.05, 0.1) is 5.02 Å². The lowest BCUT2D eigenvalue weighted by Crippen LogP contribution is -2.35. The van der Waals surface area contributed by atoms with Gasteiger partial charge in [-0.25, -0.2) is 8.42 Å². The second kappa shape index (κ2) is 8.00. The summed E-state index contributed by atoms with van der Waals surface area (Å²) >= 11 is 6.17. The van der Waals surface area contributed by atoms with Crippen molar-refractivity contribution in [2.24, 2.45) is 0 Å². The zero-order chi connectivity index (χ0) is 19.6. The van der Waals surface area contributed by atoms with Gasteiger partial charge in [-0.3, -0.25) is 4.79 Å². The molecule has 144 valence electrons. The van der Waals surface area contributed by atoms with Gasteiger partial charge in [0.15, 0.2) is 0 Å². The molecule has 0 atom stereocenters. The number of anilines is 1. The van der Waals surface area contributed by atoms with Crippen molar-refractivity contribution in [3.8, 4) is 0 Å². The Morgan fingerprint density at radius 1 is 1.07 bits per heavy atom. The molecule has 0 radical (unpaired) electrons. The van der Waals surface area contributed by atoms with Crippen LogP contribution in [0.5, 0.6) is 0 Å². The maximum absolute atomic E-state index is 12.9. The van der Waals surface area contributed by atoms with Crippen LogP contribution < -0.4 is 5.32 Å². The number of piperidine rings is 1. The summed E-state index contributed by atoms with van der Waals surface area (Å²) < 4.78 is 27.3. The molecule has 0 unspecified atom stereocenters. The predicted molar refractivity (Wildman–Crippen MR) is 108 cm³/mol. The van der Waals surface area contributed by atoms with E-state index in [1.165, 1.54) is 22.5 Å². The molecule has 0 saturated carbocycles. The van der Waals surface area contributed by atoms with Gasteiger partial charge in [0, 0.05) is 24.3 Å². The van der Waals surface area contributed by atoms with Gasteiger partial charge in [0.2, 0.25) is 10.0 Å². The van der Waals surface area contributed by atoms with E-state index in [0.717, 1.165) is 30.4 Å². The molecule has 2 aromatic carbocycles. The number of aryl methyl sites for hydroxylation is 1. The molecular formula is C20H23ClN2O3S. The van der Waals surface area contributed by atoms with Crippen LogP contribution in [0.25, 0.3) is 0 Å². The predicted octanol–water partition coefficient (Wildman–Crippen LogP) is 4.38. The summed E-state index contributed by atoms with van der Waals surface area (Å²) in [5, 5.41) is 2.98. The van der Waals surface area contributed by atoms with Gasteiger partial charge < -0.3 is 5.32 Å². The topological polar surface area (TPSA) is 66.5 Å². The molecule has 2 aromatic rings. The van der Waals surface area contributed by atoms with Crippen LogP contribution in [-0.4, -0.2) is 31.7 Å². The molecule has 1 fully saturated rings. The highest BCUT2D eigenvalue weighted by atomic mass is 35.5. The lowest BCUT2D eigenvalue weighted by atomic mass is 10.1. The number of sulfonamides is 1. The second-order valence-corrected chi connectivity index (χ2v) is 9.13. The minimum atomic E-state index is -3.72. The fourth-order valence-electron chi connectivity index (χ4n) is 3.17. The Morgan fingerprint density at radius 3 is 2.48 bits per heavy atom. The third kappa shape index (κ3) is 4.18. The zero-order valence-corrected chi connectivity index (χ0v) is 17.0. The van der Waals surface area contributed by atoms with Crippen molar-refractivity contribution in [2.45, 2.75) is 38.0 Å². The van der Waals surface area contributed by atoms with Crippen molar-refractivity contribution in [1.29, 1.82) is 0 Å². The third-order valence-corrected chi connectivity index (χ3v) is 7.36. The first kappa shape index (κ1) is 19.9. The first-order chi connectivity index (χ1) is 12.8. The number of benzene rings is 2. The van der Waals surface area contributed by atoms with Crippen molar-refractivity contribution in [3.63, 3.8) is 0 Å². The molecule has 1 N–H and O–H groups in total. The monoisotopic (exact) mass is 406 g/mol. The summed E-state index contributed by atoms with van der Waals surface area (Å²) in [7, 11) is -3.72. The average Bonchev–Trinajstić information content (AvgIpc) is 2.66. The molecule has 0 spiro atoms. The molecule has 0 bridgehead atoms. The molecule has 0 aromatic heterocycles. The Balaban J connectivity index is 1.90. The molecule has 1 amide bonds. The van der Waals surface area contributed by atoms with E-state index in [0.29, 0.717) is 18.8 Å². The largest absolute Gasteiger partial charge is 0.322 e. The highest BCUT2D eigenvalue weighted by Crippen LogP contribution is 2.28. The second-order valence-electron chi connectivity index (χ2n) is 6.81. The molecule has 1 aliphatic heterocycles. The van der Waals surface area contributed by atoms with Crippen molar-refractivity contribution >= 4 is 33.2 Å². The fourth-order valence-corrected chi connectivity index (χ4v) is 5.19. The van der Waals surface area contributed by atoms with E-state index < -0.39 is 10.0 Å². The Hall–Kier alpha value is -1.89. The van der Waals surface area contributed by atoms with Gasteiger partial charge in [-0.2, -0.15) is 4.31 Å². The Bertz CT molecular complexity index is 967. The van der Waals surface area contributed by atoms with Crippen molar-refractivity contribution in [1.82, 2.24) is 4.31 Å². The van der Waals surface area contributed by atoms with Crippen LogP contribution in [0.3, 0.4) is 0 Å². The van der Waals surface area contributed by atoms with E-state index in [-0.39, 0.29) is 21.4 Å². The summed E-state index contributed by atoms with van der Waals surface area (Å²) in [6.45, 7) is 4.87. The van der Waals surface area contributed by atoms with E-state index in [9.17, 15) is 13.2 Å². The normalized spacial score (nSPS) is 15.5. The summed E-state index contributed by atoms with van der Waals surface area (Å²) in [6.07, 6.45) is 2.70. The number of rotatable bonds is 4. The van der Waals surface area contributed by atoms with Gasteiger partial charge >= 0.3 is 0 Å². The lowest BCUT2D eigenvalue weighted by molar-refractivity contribution is 0.102. The molecule has 1 heterocycles. The number of nitrogens with one attached hydrogen (secondary N) is 1. The molecule has 3 rings (SSSR count). The minimum Gasteiger partial charge on any atom is -0.322 e. The quantitative estimate of drug-likeness (QED) is 0.819. The zero-order valence-electron chi connectivity index (χ0n) is 15.5. The van der Waals surface area contributed by atoms with E-state index >= 15 is 0 Å². The van der Waals surface area contributed by atoms with E-state index in [4.69, 9.17) is 11.6 Å². The van der Waals surface area contributed by atoms with Gasteiger partial charge in [0.25, 0.3) is 5.91 Å². The van der Waals surface area contributed by atoms with Crippen LogP contribution in [0.1, 0.15) is 40.7 Å². The number of halogens is 1. The van der Waals surface area contributed by atoms with Gasteiger partial charge in [0.1, 0.15) is 4.90 Å². The Labute approximate surface area is 165 Å². The van der Waals surface area contributed by atoms with E-state index in [2.05, 4.69) is 5.32 Å². The molecule has 7 heteroatoms. The molecule has 5 nitrogen and oxygen atoms in total. The smallest absolute Gasteiger partial charge is 0.255 e. The number of carbonyl (C=O) groups excluding carboxylic acids is 1. The van der Waals surface area contributed by atoms with Crippen LogP contribution in [0, 0.1) is 13.8 Å². The number of amides is 1. The molecule has 1 aliphatic rings. The number of nitrogens with zero attached hydrogens (tertiary/aromatic N) is 1.